The number of aliphatic carboxylic acids is 1. The highest BCUT2D eigenvalue weighted by atomic mass is 32.1. The maximum absolute atomic E-state index is 10.9. The molecule has 5 heteroatoms. The van der Waals surface area contributed by atoms with Gasteiger partial charge in [-0.25, -0.2) is 9.59 Å². The lowest BCUT2D eigenvalue weighted by molar-refractivity contribution is -0.159. The third-order valence-electron chi connectivity index (χ3n) is 1.11. The third kappa shape index (κ3) is 3.43. The van der Waals surface area contributed by atoms with Crippen molar-refractivity contribution < 1.29 is 19.4 Å². The van der Waals surface area contributed by atoms with Gasteiger partial charge in [-0.15, -0.1) is 0 Å². The first-order chi connectivity index (χ1) is 5.49. The molecule has 0 aliphatic rings. The number of ether oxygens (including phenoxy) is 1. The van der Waals surface area contributed by atoms with Crippen molar-refractivity contribution in [3.8, 4) is 0 Å². The summed E-state index contributed by atoms with van der Waals surface area (Å²) < 4.78 is 4.48. The van der Waals surface area contributed by atoms with E-state index in [0.29, 0.717) is 0 Å². The molecule has 4 nitrogen and oxygen atoms in total. The van der Waals surface area contributed by atoms with Crippen molar-refractivity contribution in [2.24, 2.45) is 0 Å². The lowest BCUT2D eigenvalue weighted by atomic mass is 10.3. The van der Waals surface area contributed by atoms with Gasteiger partial charge in [-0.1, -0.05) is 6.58 Å². The fraction of sp³-hybridized carbons (Fsp3) is 0.429. The molecule has 0 aromatic rings. The van der Waals surface area contributed by atoms with Gasteiger partial charge in [0.1, 0.15) is 0 Å². The van der Waals surface area contributed by atoms with Gasteiger partial charge >= 0.3 is 11.9 Å². The highest BCUT2D eigenvalue weighted by Gasteiger charge is 2.17. The number of carbonyl (C=O) groups is 2. The number of hydrogen-bond donors (Lipinski definition) is 2. The van der Waals surface area contributed by atoms with Gasteiger partial charge in [0, 0.05) is 11.3 Å². The van der Waals surface area contributed by atoms with Gasteiger partial charge in [-0.05, 0) is 6.92 Å². The van der Waals surface area contributed by atoms with E-state index in [1.54, 1.807) is 0 Å². The van der Waals surface area contributed by atoms with Gasteiger partial charge in [-0.3, -0.25) is 0 Å². The van der Waals surface area contributed by atoms with E-state index in [1.807, 2.05) is 0 Å². The number of thiol groups is 1. The number of hydrogen-bond acceptors (Lipinski definition) is 4. The Balaban J connectivity index is 4.01. The smallest absolute Gasteiger partial charge is 0.344 e. The Labute approximate surface area is 75.6 Å². The number of carboxylic acid groups (broad SMARTS) is 1. The quantitative estimate of drug-likeness (QED) is 0.384. The maximum Gasteiger partial charge on any atom is 0.344 e. The second-order valence-electron chi connectivity index (χ2n) is 2.15. The molecule has 0 aromatic carbocycles. The molecule has 0 aromatic heterocycles. The van der Waals surface area contributed by atoms with Crippen molar-refractivity contribution in [2.45, 2.75) is 13.0 Å². The Kier molecular flexibility index (Phi) is 4.43. The molecule has 0 fully saturated rings. The van der Waals surface area contributed by atoms with Crippen LogP contribution in [0.15, 0.2) is 12.2 Å². The molecule has 0 heterocycles. The number of carboxylic acids is 1. The standard InChI is InChI=1S/C7H10O4S/c1-4(3-12)7(10)11-5(2)6(8)9/h5,12H,1,3H2,2H3,(H,8,9). The van der Waals surface area contributed by atoms with Crippen LogP contribution in [0.5, 0.6) is 0 Å². The summed E-state index contributed by atoms with van der Waals surface area (Å²) in [5, 5.41) is 8.36. The predicted octanol–water partition coefficient (Wildman–Crippen LogP) is 0.489. The minimum Gasteiger partial charge on any atom is -0.479 e. The zero-order valence-corrected chi connectivity index (χ0v) is 7.51. The monoisotopic (exact) mass is 190 g/mol. The summed E-state index contributed by atoms with van der Waals surface area (Å²) in [5.41, 5.74) is 0.145. The van der Waals surface area contributed by atoms with Crippen LogP contribution in [-0.4, -0.2) is 28.9 Å². The van der Waals surface area contributed by atoms with Crippen LogP contribution < -0.4 is 0 Å². The average Bonchev–Trinajstić information content (AvgIpc) is 2.02. The summed E-state index contributed by atoms with van der Waals surface area (Å²) in [6.45, 7) is 4.61. The van der Waals surface area contributed by atoms with E-state index in [-0.39, 0.29) is 11.3 Å². The van der Waals surface area contributed by atoms with Gasteiger partial charge in [0.25, 0.3) is 0 Å². The molecule has 0 aliphatic carbocycles. The Morgan fingerprint density at radius 2 is 2.17 bits per heavy atom. The van der Waals surface area contributed by atoms with Gasteiger partial charge < -0.3 is 9.84 Å². The number of esters is 1. The molecule has 0 saturated heterocycles. The van der Waals surface area contributed by atoms with E-state index in [4.69, 9.17) is 5.11 Å². The van der Waals surface area contributed by atoms with Crippen molar-refractivity contribution in [1.82, 2.24) is 0 Å². The molecule has 1 N–H and O–H groups in total. The first-order valence-electron chi connectivity index (χ1n) is 3.21. The second kappa shape index (κ2) is 4.82. The molecule has 0 amide bonds. The molecular formula is C7H10O4S. The van der Waals surface area contributed by atoms with Gasteiger partial charge in [0.2, 0.25) is 0 Å². The van der Waals surface area contributed by atoms with E-state index < -0.39 is 18.0 Å². The summed E-state index contributed by atoms with van der Waals surface area (Å²) >= 11 is 3.78. The lowest BCUT2D eigenvalue weighted by Gasteiger charge is -2.08. The van der Waals surface area contributed by atoms with E-state index in [0.717, 1.165) is 0 Å². The topological polar surface area (TPSA) is 63.6 Å². The minimum atomic E-state index is -1.18. The predicted molar refractivity (Wildman–Crippen MR) is 46.2 cm³/mol. The largest absolute Gasteiger partial charge is 0.479 e. The Morgan fingerprint density at radius 1 is 1.67 bits per heavy atom. The van der Waals surface area contributed by atoms with Gasteiger partial charge in [-0.2, -0.15) is 12.6 Å². The first-order valence-corrected chi connectivity index (χ1v) is 3.84. The maximum atomic E-state index is 10.9. The molecule has 1 unspecified atom stereocenters. The summed E-state index contributed by atoms with van der Waals surface area (Å²) in [4.78, 5) is 21.1. The highest BCUT2D eigenvalue weighted by Crippen LogP contribution is 2.00. The van der Waals surface area contributed by atoms with E-state index in [2.05, 4.69) is 23.9 Å². The van der Waals surface area contributed by atoms with Crippen molar-refractivity contribution in [3.05, 3.63) is 12.2 Å². The van der Waals surface area contributed by atoms with E-state index >= 15 is 0 Å². The fourth-order valence-electron chi connectivity index (χ4n) is 0.359. The van der Waals surface area contributed by atoms with Crippen LogP contribution in [-0.2, 0) is 14.3 Å². The zero-order valence-electron chi connectivity index (χ0n) is 6.61. The lowest BCUT2D eigenvalue weighted by Crippen LogP contribution is -2.24. The molecule has 0 aliphatic heterocycles. The van der Waals surface area contributed by atoms with E-state index in [1.165, 1.54) is 6.92 Å². The summed E-state index contributed by atoms with van der Waals surface area (Å²) in [6, 6.07) is 0. The van der Waals surface area contributed by atoms with Crippen LogP contribution in [0.2, 0.25) is 0 Å². The molecule has 12 heavy (non-hydrogen) atoms. The Hall–Kier alpha value is -0.970. The molecule has 0 bridgehead atoms. The van der Waals surface area contributed by atoms with Crippen molar-refractivity contribution in [3.63, 3.8) is 0 Å². The van der Waals surface area contributed by atoms with Crippen molar-refractivity contribution in [1.29, 1.82) is 0 Å². The van der Waals surface area contributed by atoms with Crippen LogP contribution in [0.3, 0.4) is 0 Å². The number of rotatable bonds is 4. The Bertz CT molecular complexity index is 211. The molecule has 0 saturated carbocycles. The van der Waals surface area contributed by atoms with E-state index in [9.17, 15) is 9.59 Å². The average molecular weight is 190 g/mol. The third-order valence-corrected chi connectivity index (χ3v) is 1.49. The minimum absolute atomic E-state index is 0.145. The molecule has 1 atom stereocenters. The van der Waals surface area contributed by atoms with Crippen LogP contribution in [0, 0.1) is 0 Å². The summed E-state index contributed by atoms with van der Waals surface area (Å²) in [6.07, 6.45) is -1.14. The highest BCUT2D eigenvalue weighted by molar-refractivity contribution is 7.80. The van der Waals surface area contributed by atoms with Crippen molar-refractivity contribution >= 4 is 24.6 Å². The number of carbonyl (C=O) groups excluding carboxylic acids is 1. The molecular weight excluding hydrogens is 180 g/mol. The van der Waals surface area contributed by atoms with Crippen LogP contribution in [0.25, 0.3) is 0 Å². The normalized spacial score (nSPS) is 11.8. The van der Waals surface area contributed by atoms with Gasteiger partial charge in [0.15, 0.2) is 6.10 Å². The second-order valence-corrected chi connectivity index (χ2v) is 2.46. The van der Waals surface area contributed by atoms with Crippen LogP contribution in [0.4, 0.5) is 0 Å². The zero-order chi connectivity index (χ0) is 9.72. The van der Waals surface area contributed by atoms with Crippen LogP contribution in [0.1, 0.15) is 6.92 Å². The van der Waals surface area contributed by atoms with Crippen LogP contribution >= 0.6 is 12.6 Å². The van der Waals surface area contributed by atoms with Crippen molar-refractivity contribution in [2.75, 3.05) is 5.75 Å². The fourth-order valence-corrected chi connectivity index (χ4v) is 0.488. The molecule has 0 spiro atoms. The summed E-state index contributed by atoms with van der Waals surface area (Å²) in [5.74, 6) is -1.75. The SMILES string of the molecule is C=C(CS)C(=O)OC(C)C(=O)O. The Morgan fingerprint density at radius 3 is 2.50 bits per heavy atom. The molecule has 0 radical (unpaired) electrons. The summed E-state index contributed by atoms with van der Waals surface area (Å²) in [7, 11) is 0. The molecule has 68 valence electrons. The first kappa shape index (κ1) is 11.0. The van der Waals surface area contributed by atoms with Gasteiger partial charge in [0.05, 0.1) is 0 Å². The molecule has 0 rings (SSSR count).